The normalized spacial score (nSPS) is 16.4. The van der Waals surface area contributed by atoms with Gasteiger partial charge in [0.15, 0.2) is 0 Å². The lowest BCUT2D eigenvalue weighted by Crippen LogP contribution is -2.29. The van der Waals surface area contributed by atoms with E-state index < -0.39 is 0 Å². The Morgan fingerprint density at radius 1 is 1.26 bits per heavy atom. The van der Waals surface area contributed by atoms with Gasteiger partial charge in [0.05, 0.1) is 0 Å². The van der Waals surface area contributed by atoms with Gasteiger partial charge in [0.25, 0.3) is 0 Å². The van der Waals surface area contributed by atoms with Crippen molar-refractivity contribution in [3.05, 3.63) is 29.8 Å². The molecule has 0 radical (unpaired) electrons. The third kappa shape index (κ3) is 3.97. The van der Waals surface area contributed by atoms with E-state index in [9.17, 15) is 0 Å². The third-order valence-electron chi connectivity index (χ3n) is 4.05. The average molecular weight is 260 g/mol. The first-order valence-corrected chi connectivity index (χ1v) is 7.86. The molecule has 2 heteroatoms. The van der Waals surface area contributed by atoms with E-state index in [1.54, 1.807) is 0 Å². The first-order valence-electron chi connectivity index (χ1n) is 7.86. The van der Waals surface area contributed by atoms with Crippen LogP contribution >= 0.6 is 0 Å². The van der Waals surface area contributed by atoms with Gasteiger partial charge in [0.1, 0.15) is 0 Å². The van der Waals surface area contributed by atoms with Crippen LogP contribution in [0.25, 0.3) is 0 Å². The molecule has 0 amide bonds. The number of benzene rings is 1. The first-order chi connectivity index (χ1) is 9.26. The van der Waals surface area contributed by atoms with Crippen molar-refractivity contribution in [2.45, 2.75) is 64.5 Å². The molecule has 0 heterocycles. The van der Waals surface area contributed by atoms with Gasteiger partial charge in [-0.15, -0.1) is 0 Å². The van der Waals surface area contributed by atoms with Crippen molar-refractivity contribution in [1.82, 2.24) is 0 Å². The van der Waals surface area contributed by atoms with Crippen molar-refractivity contribution >= 4 is 5.69 Å². The average Bonchev–Trinajstić information content (AvgIpc) is 3.25. The summed E-state index contributed by atoms with van der Waals surface area (Å²) in [6, 6.07) is 9.92. The van der Waals surface area contributed by atoms with Gasteiger partial charge < -0.3 is 10.6 Å². The summed E-state index contributed by atoms with van der Waals surface area (Å²) in [6.07, 6.45) is 7.31. The molecule has 0 aromatic heterocycles. The largest absolute Gasteiger partial charge is 0.368 e. The second kappa shape index (κ2) is 6.95. The topological polar surface area (TPSA) is 29.3 Å². The van der Waals surface area contributed by atoms with E-state index in [0.29, 0.717) is 0 Å². The molecule has 2 nitrogen and oxygen atoms in total. The summed E-state index contributed by atoms with van der Waals surface area (Å²) >= 11 is 0. The molecule has 1 aromatic carbocycles. The maximum atomic E-state index is 6.15. The summed E-state index contributed by atoms with van der Waals surface area (Å²) in [6.45, 7) is 5.63. The molecule has 1 atom stereocenters. The van der Waals surface area contributed by atoms with Crippen LogP contribution in [0.5, 0.6) is 0 Å². The molecule has 0 spiro atoms. The molecule has 2 N–H and O–H groups in total. The maximum Gasteiger partial charge on any atom is 0.0401 e. The van der Waals surface area contributed by atoms with Crippen LogP contribution in [-0.2, 0) is 6.42 Å². The van der Waals surface area contributed by atoms with Crippen molar-refractivity contribution in [1.29, 1.82) is 0 Å². The number of para-hydroxylation sites is 1. The molecule has 1 unspecified atom stereocenters. The lowest BCUT2D eigenvalue weighted by atomic mass is 10.0. The molecule has 106 valence electrons. The van der Waals surface area contributed by atoms with Crippen LogP contribution in [0.3, 0.4) is 0 Å². The molecule has 0 aliphatic heterocycles. The number of anilines is 1. The number of hydrogen-bond acceptors (Lipinski definition) is 2. The Balaban J connectivity index is 2.15. The number of hydrogen-bond donors (Lipinski definition) is 1. The zero-order valence-electron chi connectivity index (χ0n) is 12.4. The van der Waals surface area contributed by atoms with Crippen molar-refractivity contribution in [3.63, 3.8) is 0 Å². The Labute approximate surface area is 118 Å². The minimum absolute atomic E-state index is 0.286. The lowest BCUT2D eigenvalue weighted by Gasteiger charge is -2.28. The van der Waals surface area contributed by atoms with Crippen LogP contribution in [0.2, 0.25) is 0 Å². The molecule has 1 aliphatic carbocycles. The van der Waals surface area contributed by atoms with Gasteiger partial charge in [-0.1, -0.05) is 38.5 Å². The maximum absolute atomic E-state index is 6.15. The first kappa shape index (κ1) is 14.4. The molecule has 0 bridgehead atoms. The fourth-order valence-electron chi connectivity index (χ4n) is 2.60. The highest BCUT2D eigenvalue weighted by Crippen LogP contribution is 2.34. The highest BCUT2D eigenvalue weighted by molar-refractivity contribution is 5.55. The van der Waals surface area contributed by atoms with Crippen LogP contribution in [0.15, 0.2) is 24.3 Å². The fourth-order valence-corrected chi connectivity index (χ4v) is 2.60. The lowest BCUT2D eigenvalue weighted by molar-refractivity contribution is 0.641. The summed E-state index contributed by atoms with van der Waals surface area (Å²) < 4.78 is 0. The van der Waals surface area contributed by atoms with Gasteiger partial charge in [-0.2, -0.15) is 0 Å². The Morgan fingerprint density at radius 2 is 2.00 bits per heavy atom. The van der Waals surface area contributed by atoms with Crippen molar-refractivity contribution in [2.75, 3.05) is 11.4 Å². The summed E-state index contributed by atoms with van der Waals surface area (Å²) in [4.78, 5) is 2.63. The van der Waals surface area contributed by atoms with Crippen LogP contribution in [0.4, 0.5) is 5.69 Å². The Hall–Kier alpha value is -1.02. The van der Waals surface area contributed by atoms with Gasteiger partial charge in [0, 0.05) is 24.3 Å². The Kier molecular flexibility index (Phi) is 5.26. The van der Waals surface area contributed by atoms with Crippen LogP contribution in [0, 0.1) is 0 Å². The van der Waals surface area contributed by atoms with Crippen molar-refractivity contribution in [2.24, 2.45) is 5.73 Å². The molecular formula is C17H28N2. The van der Waals surface area contributed by atoms with Gasteiger partial charge in [-0.05, 0) is 43.7 Å². The molecule has 2 rings (SSSR count). The number of unbranched alkanes of at least 4 members (excludes halogenated alkanes) is 1. The zero-order chi connectivity index (χ0) is 13.7. The molecular weight excluding hydrogens is 232 g/mol. The monoisotopic (exact) mass is 260 g/mol. The van der Waals surface area contributed by atoms with Crippen molar-refractivity contribution < 1.29 is 0 Å². The van der Waals surface area contributed by atoms with Gasteiger partial charge >= 0.3 is 0 Å². The highest BCUT2D eigenvalue weighted by atomic mass is 15.2. The summed E-state index contributed by atoms with van der Waals surface area (Å²) in [5.74, 6) is 0. The van der Waals surface area contributed by atoms with Gasteiger partial charge in [0.2, 0.25) is 0 Å². The molecule has 1 saturated carbocycles. The van der Waals surface area contributed by atoms with Gasteiger partial charge in [-0.3, -0.25) is 0 Å². The van der Waals surface area contributed by atoms with Gasteiger partial charge in [-0.25, -0.2) is 0 Å². The third-order valence-corrected chi connectivity index (χ3v) is 4.05. The van der Waals surface area contributed by atoms with E-state index in [1.807, 2.05) is 0 Å². The van der Waals surface area contributed by atoms with Crippen LogP contribution < -0.4 is 10.6 Å². The van der Waals surface area contributed by atoms with E-state index in [1.165, 1.54) is 43.5 Å². The Bertz CT molecular complexity index is 385. The molecule has 1 fully saturated rings. The van der Waals surface area contributed by atoms with Crippen LogP contribution in [0.1, 0.15) is 51.5 Å². The minimum atomic E-state index is 0.286. The minimum Gasteiger partial charge on any atom is -0.368 e. The smallest absolute Gasteiger partial charge is 0.0401 e. The van der Waals surface area contributed by atoms with Crippen molar-refractivity contribution in [3.8, 4) is 0 Å². The predicted molar refractivity (Wildman–Crippen MR) is 83.7 cm³/mol. The Morgan fingerprint density at radius 3 is 2.63 bits per heavy atom. The fraction of sp³-hybridized carbons (Fsp3) is 0.647. The van der Waals surface area contributed by atoms with E-state index in [4.69, 9.17) is 5.73 Å². The number of nitrogens with zero attached hydrogens (tertiary/aromatic N) is 1. The summed E-state index contributed by atoms with van der Waals surface area (Å²) in [5.41, 5.74) is 9.01. The standard InChI is InChI=1S/C17H28N2/c1-3-5-12-19(16-10-11-16)17-9-7-6-8-14(17)13-15(18)4-2/h6-9,15-16H,3-5,10-13,18H2,1-2H3. The highest BCUT2D eigenvalue weighted by Gasteiger charge is 2.29. The van der Waals surface area contributed by atoms with E-state index in [2.05, 4.69) is 43.0 Å². The van der Waals surface area contributed by atoms with E-state index in [0.717, 1.165) is 18.9 Å². The second-order valence-corrected chi connectivity index (χ2v) is 5.78. The summed E-state index contributed by atoms with van der Waals surface area (Å²) in [7, 11) is 0. The summed E-state index contributed by atoms with van der Waals surface area (Å²) in [5, 5.41) is 0. The van der Waals surface area contributed by atoms with E-state index >= 15 is 0 Å². The molecule has 0 saturated heterocycles. The second-order valence-electron chi connectivity index (χ2n) is 5.78. The SMILES string of the molecule is CCCCN(c1ccccc1CC(N)CC)C1CC1. The molecule has 19 heavy (non-hydrogen) atoms. The zero-order valence-corrected chi connectivity index (χ0v) is 12.4. The number of nitrogens with two attached hydrogens (primary N) is 1. The van der Waals surface area contributed by atoms with E-state index in [-0.39, 0.29) is 6.04 Å². The number of rotatable bonds is 8. The molecule has 1 aliphatic rings. The molecule has 1 aromatic rings. The quantitative estimate of drug-likeness (QED) is 0.771. The van der Waals surface area contributed by atoms with Crippen LogP contribution in [-0.4, -0.2) is 18.6 Å². The predicted octanol–water partition coefficient (Wildman–Crippen LogP) is 3.74.